The first kappa shape index (κ1) is 18.7. The molecule has 3 rings (SSSR count). The molecule has 0 atom stereocenters. The second-order valence-electron chi connectivity index (χ2n) is 6.11. The lowest BCUT2D eigenvalue weighted by atomic mass is 9.94. The lowest BCUT2D eigenvalue weighted by Crippen LogP contribution is -2.06. The maximum Gasteiger partial charge on any atom is 0.339 e. The van der Waals surface area contributed by atoms with E-state index in [0.29, 0.717) is 22.9 Å². The van der Waals surface area contributed by atoms with Crippen LogP contribution in [0.1, 0.15) is 22.3 Å². The summed E-state index contributed by atoms with van der Waals surface area (Å²) in [7, 11) is -4.09. The number of hydrogen-bond acceptors (Lipinski definition) is 5. The molecule has 8 heteroatoms. The van der Waals surface area contributed by atoms with E-state index in [9.17, 15) is 22.0 Å². The second kappa shape index (κ2) is 6.59. The van der Waals surface area contributed by atoms with Crippen LogP contribution in [0.5, 0.6) is 0 Å². The maximum atomic E-state index is 14.2. The average Bonchev–Trinajstić information content (AvgIpc) is 2.94. The van der Waals surface area contributed by atoms with Crippen molar-refractivity contribution >= 4 is 27.0 Å². The Morgan fingerprint density at radius 1 is 1.11 bits per heavy atom. The van der Waals surface area contributed by atoms with Gasteiger partial charge < -0.3 is 4.74 Å². The third-order valence-electron chi connectivity index (χ3n) is 4.21. The van der Waals surface area contributed by atoms with E-state index in [2.05, 4.69) is 0 Å². The van der Waals surface area contributed by atoms with E-state index in [1.807, 2.05) is 6.07 Å². The minimum atomic E-state index is -4.09. The normalized spacial score (nSPS) is 14.3. The van der Waals surface area contributed by atoms with Gasteiger partial charge in [0.1, 0.15) is 23.1 Å². The fourth-order valence-corrected chi connectivity index (χ4v) is 3.78. The quantitative estimate of drug-likeness (QED) is 0.754. The molecule has 0 aromatic heterocycles. The Bertz CT molecular complexity index is 1140. The first-order valence-corrected chi connectivity index (χ1v) is 9.63. The molecule has 1 aliphatic rings. The number of aryl methyl sites for hydroxylation is 1. The van der Waals surface area contributed by atoms with Crippen LogP contribution in [0.15, 0.2) is 35.2 Å². The van der Waals surface area contributed by atoms with E-state index >= 15 is 0 Å². The number of carbonyl (C=O) groups excluding carboxylic acids is 1. The first-order chi connectivity index (χ1) is 12.6. The summed E-state index contributed by atoms with van der Waals surface area (Å²) in [6.07, 6.45) is 0.709. The van der Waals surface area contributed by atoms with Crippen molar-refractivity contribution in [1.29, 1.82) is 5.26 Å². The molecule has 0 unspecified atom stereocenters. The Kier molecular flexibility index (Phi) is 4.57. The van der Waals surface area contributed by atoms with E-state index < -0.39 is 32.3 Å². The molecule has 0 spiro atoms. The zero-order valence-corrected chi connectivity index (χ0v) is 15.2. The van der Waals surface area contributed by atoms with Crippen LogP contribution < -0.4 is 0 Å². The number of rotatable bonds is 3. The van der Waals surface area contributed by atoms with E-state index in [1.54, 1.807) is 19.1 Å². The summed E-state index contributed by atoms with van der Waals surface area (Å²) in [5.41, 5.74) is 1.88. The molecule has 0 N–H and O–H groups in total. The Hall–Kier alpha value is -3.05. The van der Waals surface area contributed by atoms with Crippen LogP contribution in [0.3, 0.4) is 0 Å². The van der Waals surface area contributed by atoms with E-state index in [4.69, 9.17) is 10.00 Å². The molecule has 0 aliphatic carbocycles. The molecule has 2 aromatic rings. The van der Waals surface area contributed by atoms with Gasteiger partial charge in [0.25, 0.3) is 0 Å². The summed E-state index contributed by atoms with van der Waals surface area (Å²) in [5.74, 6) is -3.15. The summed E-state index contributed by atoms with van der Waals surface area (Å²) in [6.45, 7) is 1.49. The van der Waals surface area contributed by atoms with Crippen LogP contribution in [0, 0.1) is 29.9 Å². The van der Waals surface area contributed by atoms with Gasteiger partial charge in [0.05, 0.1) is 17.2 Å². The number of nitriles is 1. The minimum Gasteiger partial charge on any atom is -0.457 e. The van der Waals surface area contributed by atoms with E-state index in [0.717, 1.165) is 12.1 Å². The Balaban J connectivity index is 2.21. The molecular formula is C19H13F2NO4S. The van der Waals surface area contributed by atoms with Crippen molar-refractivity contribution in [3.05, 3.63) is 64.2 Å². The minimum absolute atomic E-state index is 0.0141. The van der Waals surface area contributed by atoms with Crippen molar-refractivity contribution in [3.8, 4) is 6.07 Å². The van der Waals surface area contributed by atoms with Crippen molar-refractivity contribution < 1.29 is 26.7 Å². The summed E-state index contributed by atoms with van der Waals surface area (Å²) in [5, 5.41) is 9.02. The van der Waals surface area contributed by atoms with Crippen LogP contribution in [0.2, 0.25) is 0 Å². The van der Waals surface area contributed by atoms with Crippen LogP contribution in [-0.4, -0.2) is 27.2 Å². The van der Waals surface area contributed by atoms with Crippen molar-refractivity contribution in [1.82, 2.24) is 0 Å². The summed E-state index contributed by atoms with van der Waals surface area (Å²) in [4.78, 5) is 11.2. The van der Waals surface area contributed by atoms with E-state index in [1.165, 1.54) is 6.07 Å². The number of esters is 1. The molecule has 0 radical (unpaired) electrons. The number of benzene rings is 2. The van der Waals surface area contributed by atoms with Gasteiger partial charge in [0, 0.05) is 11.8 Å². The van der Waals surface area contributed by atoms with Crippen LogP contribution in [0.4, 0.5) is 8.78 Å². The second-order valence-corrected chi connectivity index (χ2v) is 8.06. The van der Waals surface area contributed by atoms with Gasteiger partial charge in [-0.1, -0.05) is 6.07 Å². The van der Waals surface area contributed by atoms with Gasteiger partial charge in [-0.15, -0.1) is 0 Å². The molecule has 0 saturated carbocycles. The van der Waals surface area contributed by atoms with Crippen molar-refractivity contribution in [2.24, 2.45) is 0 Å². The summed E-state index contributed by atoms with van der Waals surface area (Å²) >= 11 is 0. The molecule has 1 heterocycles. The topological polar surface area (TPSA) is 84.2 Å². The highest BCUT2D eigenvalue weighted by Gasteiger charge is 2.30. The molecule has 27 heavy (non-hydrogen) atoms. The third kappa shape index (κ3) is 3.34. The maximum absolute atomic E-state index is 14.2. The highest BCUT2D eigenvalue weighted by molar-refractivity contribution is 7.90. The van der Waals surface area contributed by atoms with Gasteiger partial charge >= 0.3 is 5.97 Å². The Morgan fingerprint density at radius 2 is 1.74 bits per heavy atom. The lowest BCUT2D eigenvalue weighted by molar-refractivity contribution is -0.133. The molecule has 1 aliphatic heterocycles. The lowest BCUT2D eigenvalue weighted by Gasteiger charge is -2.09. The monoisotopic (exact) mass is 389 g/mol. The van der Waals surface area contributed by atoms with Crippen LogP contribution >= 0.6 is 0 Å². The summed E-state index contributed by atoms with van der Waals surface area (Å²) in [6, 6.07) is 8.44. The van der Waals surface area contributed by atoms with Gasteiger partial charge in [-0.2, -0.15) is 5.26 Å². The number of nitrogens with zero attached hydrogens (tertiary/aromatic N) is 1. The fraction of sp³-hybridized carbons (Fsp3) is 0.158. The van der Waals surface area contributed by atoms with Crippen LogP contribution in [0.25, 0.3) is 11.1 Å². The summed E-state index contributed by atoms with van der Waals surface area (Å²) < 4.78 is 56.6. The third-order valence-corrected chi connectivity index (χ3v) is 5.34. The zero-order valence-electron chi connectivity index (χ0n) is 14.3. The molecule has 5 nitrogen and oxygen atoms in total. The van der Waals surface area contributed by atoms with E-state index in [-0.39, 0.29) is 23.3 Å². The number of ether oxygens (including phenoxy) is 1. The predicted molar refractivity (Wildman–Crippen MR) is 93.1 cm³/mol. The molecule has 138 valence electrons. The Labute approximate surface area is 154 Å². The Morgan fingerprint density at radius 3 is 2.26 bits per heavy atom. The number of halogens is 2. The average molecular weight is 389 g/mol. The molecule has 2 aromatic carbocycles. The highest BCUT2D eigenvalue weighted by Crippen LogP contribution is 2.35. The standard InChI is InChI=1S/C19H13F2NO4S/c1-10-5-11(3-4-12(10)8-22)17-14(9-26-19(17)23)13-6-15(20)18(16(21)7-13)27(2,24)25/h3-7H,9H2,1-2H3. The fourth-order valence-electron chi connectivity index (χ4n) is 2.96. The molecule has 0 bridgehead atoms. The van der Waals surface area contributed by atoms with Crippen molar-refractivity contribution in [2.75, 3.05) is 12.9 Å². The first-order valence-electron chi connectivity index (χ1n) is 7.74. The largest absolute Gasteiger partial charge is 0.457 e. The zero-order chi connectivity index (χ0) is 19.9. The van der Waals surface area contributed by atoms with Crippen molar-refractivity contribution in [3.63, 3.8) is 0 Å². The van der Waals surface area contributed by atoms with Gasteiger partial charge in [-0.3, -0.25) is 0 Å². The van der Waals surface area contributed by atoms with Crippen molar-refractivity contribution in [2.45, 2.75) is 11.8 Å². The highest BCUT2D eigenvalue weighted by atomic mass is 32.2. The number of sulfone groups is 1. The van der Waals surface area contributed by atoms with Gasteiger partial charge in [-0.25, -0.2) is 22.0 Å². The molecule has 0 fully saturated rings. The predicted octanol–water partition coefficient (Wildman–Crippen LogP) is 3.02. The SMILES string of the molecule is Cc1cc(C2=C(c3cc(F)c(S(C)(=O)=O)c(F)c3)COC2=O)ccc1C#N. The van der Waals surface area contributed by atoms with Crippen LogP contribution in [-0.2, 0) is 19.4 Å². The number of cyclic esters (lactones) is 1. The molecule has 0 saturated heterocycles. The van der Waals surface area contributed by atoms with Gasteiger partial charge in [0.2, 0.25) is 0 Å². The van der Waals surface area contributed by atoms with Gasteiger partial charge in [0.15, 0.2) is 9.84 Å². The van der Waals surface area contributed by atoms with Gasteiger partial charge in [-0.05, 0) is 47.9 Å². The molecule has 0 amide bonds. The molecular weight excluding hydrogens is 376 g/mol. The smallest absolute Gasteiger partial charge is 0.339 e. The number of hydrogen-bond donors (Lipinski definition) is 0. The number of carbonyl (C=O) groups is 1.